The van der Waals surface area contributed by atoms with Crippen molar-refractivity contribution in [3.8, 4) is 0 Å². The number of carboxylic acid groups (broad SMARTS) is 1. The summed E-state index contributed by atoms with van der Waals surface area (Å²) in [4.78, 5) is 50.9. The minimum atomic E-state index is -2.53. The molecule has 0 aromatic carbocycles. The zero-order chi connectivity index (χ0) is 25.4. The molecule has 14 nitrogen and oxygen atoms in total. The van der Waals surface area contributed by atoms with Gasteiger partial charge < -0.3 is 41.3 Å². The molecule has 1 aliphatic heterocycles. The third-order valence-corrected chi connectivity index (χ3v) is 6.64. The summed E-state index contributed by atoms with van der Waals surface area (Å²) in [6.07, 6.45) is -5.23. The van der Waals surface area contributed by atoms with Gasteiger partial charge in [-0.15, -0.1) is 0 Å². The van der Waals surface area contributed by atoms with Crippen LogP contribution in [-0.2, 0) is 14.3 Å². The first kappa shape index (κ1) is 26.0. The topological polar surface area (TPSA) is 237 Å². The van der Waals surface area contributed by atoms with Crippen molar-refractivity contribution in [2.45, 2.75) is 74.8 Å². The van der Waals surface area contributed by atoms with Crippen LogP contribution in [0.3, 0.4) is 0 Å². The third-order valence-electron chi connectivity index (χ3n) is 6.64. The number of aliphatic hydroxyl groups is 4. The number of aromatic nitrogens is 2. The van der Waals surface area contributed by atoms with Crippen molar-refractivity contribution in [2.75, 3.05) is 6.61 Å². The van der Waals surface area contributed by atoms with E-state index in [1.807, 2.05) is 4.98 Å². The number of carbonyl (C=O) groups excluding carboxylic acids is 1. The van der Waals surface area contributed by atoms with E-state index in [2.05, 4.69) is 5.32 Å². The zero-order valence-corrected chi connectivity index (χ0v) is 18.5. The van der Waals surface area contributed by atoms with Gasteiger partial charge in [0.1, 0.15) is 17.8 Å². The standard InChI is InChI=1S/C20H30N4O10/c1-8-6-24(19(32)23-15(8)28)17-14(27)20(33,12(26)7-25)5-11(34-17)13(18(30)31)22-16(29)9-3-2-4-10(9)21/h6,9-14,17,25-27,33H,2-5,7,21H2,1H3,(H,22,29)(H,30,31)(H,23,28,32)/t9-,10+,11-,12+,13+,14+,17-,20-/m1/s1. The molecule has 2 aliphatic rings. The number of rotatable bonds is 7. The summed E-state index contributed by atoms with van der Waals surface area (Å²) in [5.41, 5.74) is 1.70. The van der Waals surface area contributed by atoms with Crippen LogP contribution in [0, 0.1) is 12.8 Å². The highest BCUT2D eigenvalue weighted by Crippen LogP contribution is 2.38. The van der Waals surface area contributed by atoms with E-state index in [1.165, 1.54) is 6.92 Å². The van der Waals surface area contributed by atoms with Gasteiger partial charge in [0, 0.05) is 24.2 Å². The van der Waals surface area contributed by atoms with Crippen LogP contribution in [0.5, 0.6) is 0 Å². The maximum atomic E-state index is 12.7. The van der Waals surface area contributed by atoms with Crippen LogP contribution >= 0.6 is 0 Å². The minimum Gasteiger partial charge on any atom is -0.480 e. The van der Waals surface area contributed by atoms with Crippen molar-refractivity contribution in [1.29, 1.82) is 0 Å². The van der Waals surface area contributed by atoms with E-state index < -0.39 is 84.3 Å². The number of aromatic amines is 1. The Labute approximate surface area is 193 Å². The molecule has 0 radical (unpaired) electrons. The van der Waals surface area contributed by atoms with Gasteiger partial charge in [-0.1, -0.05) is 6.42 Å². The second-order valence-electron chi connectivity index (χ2n) is 8.91. The molecule has 8 atom stereocenters. The monoisotopic (exact) mass is 486 g/mol. The number of carboxylic acids is 1. The van der Waals surface area contributed by atoms with Gasteiger partial charge in [0.15, 0.2) is 12.3 Å². The SMILES string of the molecule is Cc1cn([C@@H]2O[C@@H]([C@H](NC(=O)[C@@H]3CCC[C@@H]3N)C(=O)O)C[C@@](O)([C@@H](O)CO)[C@H]2O)c(=O)[nH]c1=O. The number of nitrogens with one attached hydrogen (secondary N) is 2. The molecule has 2 fully saturated rings. The molecule has 190 valence electrons. The average Bonchev–Trinajstić information content (AvgIpc) is 3.21. The maximum Gasteiger partial charge on any atom is 0.330 e. The number of hydrogen-bond donors (Lipinski definition) is 8. The Hall–Kier alpha value is -2.62. The Morgan fingerprint density at radius 3 is 2.62 bits per heavy atom. The van der Waals surface area contributed by atoms with Gasteiger partial charge in [-0.2, -0.15) is 0 Å². The summed E-state index contributed by atoms with van der Waals surface area (Å²) in [5.74, 6) is -2.80. The zero-order valence-electron chi connectivity index (χ0n) is 18.5. The summed E-state index contributed by atoms with van der Waals surface area (Å²) in [6, 6.07) is -2.21. The molecule has 1 aliphatic carbocycles. The Bertz CT molecular complexity index is 1040. The number of carbonyl (C=O) groups is 2. The molecule has 1 saturated heterocycles. The van der Waals surface area contributed by atoms with Crippen LogP contribution in [0.25, 0.3) is 0 Å². The lowest BCUT2D eigenvalue weighted by Gasteiger charge is -2.48. The molecule has 2 heterocycles. The Kier molecular flexibility index (Phi) is 7.59. The lowest BCUT2D eigenvalue weighted by Crippen LogP contribution is -2.66. The molecule has 1 aromatic rings. The first-order valence-corrected chi connectivity index (χ1v) is 10.9. The van der Waals surface area contributed by atoms with E-state index in [-0.39, 0.29) is 5.56 Å². The molecule has 14 heteroatoms. The van der Waals surface area contributed by atoms with Gasteiger partial charge in [0.2, 0.25) is 5.91 Å². The molecule has 0 bridgehead atoms. The molecule has 9 N–H and O–H groups in total. The number of amides is 1. The van der Waals surface area contributed by atoms with Crippen LogP contribution < -0.4 is 22.3 Å². The summed E-state index contributed by atoms with van der Waals surface area (Å²) in [5, 5.41) is 53.8. The summed E-state index contributed by atoms with van der Waals surface area (Å²) < 4.78 is 6.41. The maximum absolute atomic E-state index is 12.7. The van der Waals surface area contributed by atoms with Gasteiger partial charge in [-0.05, 0) is 19.8 Å². The molecular formula is C20H30N4O10. The Morgan fingerprint density at radius 2 is 2.06 bits per heavy atom. The number of nitrogens with zero attached hydrogens (tertiary/aromatic N) is 1. The number of aliphatic hydroxyl groups excluding tert-OH is 3. The van der Waals surface area contributed by atoms with Crippen molar-refractivity contribution >= 4 is 11.9 Å². The predicted molar refractivity (Wildman–Crippen MR) is 114 cm³/mol. The van der Waals surface area contributed by atoms with Crippen LogP contribution in [0.4, 0.5) is 0 Å². The number of H-pyrrole nitrogens is 1. The molecular weight excluding hydrogens is 456 g/mol. The number of aryl methyl sites for hydroxylation is 1. The second-order valence-corrected chi connectivity index (χ2v) is 8.91. The van der Waals surface area contributed by atoms with E-state index >= 15 is 0 Å². The molecule has 34 heavy (non-hydrogen) atoms. The molecule has 0 spiro atoms. The molecule has 1 saturated carbocycles. The highest BCUT2D eigenvalue weighted by molar-refractivity contribution is 5.86. The largest absolute Gasteiger partial charge is 0.480 e. The van der Waals surface area contributed by atoms with Crippen LogP contribution in [0.1, 0.15) is 37.5 Å². The van der Waals surface area contributed by atoms with Gasteiger partial charge in [-0.25, -0.2) is 9.59 Å². The van der Waals surface area contributed by atoms with Gasteiger partial charge >= 0.3 is 11.7 Å². The Morgan fingerprint density at radius 1 is 1.38 bits per heavy atom. The first-order chi connectivity index (χ1) is 15.9. The smallest absolute Gasteiger partial charge is 0.330 e. The molecule has 1 amide bonds. The van der Waals surface area contributed by atoms with Crippen LogP contribution in [0.2, 0.25) is 0 Å². The van der Waals surface area contributed by atoms with Crippen LogP contribution in [0.15, 0.2) is 15.8 Å². The quantitative estimate of drug-likeness (QED) is 0.186. The lowest BCUT2D eigenvalue weighted by molar-refractivity contribution is -0.274. The highest BCUT2D eigenvalue weighted by atomic mass is 16.5. The van der Waals surface area contributed by atoms with Crippen molar-refractivity contribution in [2.24, 2.45) is 11.7 Å². The van der Waals surface area contributed by atoms with Gasteiger partial charge in [0.25, 0.3) is 5.56 Å². The average molecular weight is 486 g/mol. The third kappa shape index (κ3) is 4.78. The summed E-state index contributed by atoms with van der Waals surface area (Å²) in [7, 11) is 0. The lowest BCUT2D eigenvalue weighted by atomic mass is 9.79. The van der Waals surface area contributed by atoms with E-state index in [0.717, 1.165) is 10.8 Å². The van der Waals surface area contributed by atoms with Crippen LogP contribution in [-0.4, -0.2) is 89.6 Å². The van der Waals surface area contributed by atoms with Crippen molar-refractivity contribution in [1.82, 2.24) is 14.9 Å². The second kappa shape index (κ2) is 9.93. The van der Waals surface area contributed by atoms with E-state index in [1.54, 1.807) is 0 Å². The predicted octanol–water partition coefficient (Wildman–Crippen LogP) is -3.73. The number of ether oxygens (including phenoxy) is 1. The fourth-order valence-electron chi connectivity index (χ4n) is 4.56. The molecule has 3 rings (SSSR count). The summed E-state index contributed by atoms with van der Waals surface area (Å²) in [6.45, 7) is 0.356. The van der Waals surface area contributed by atoms with Crippen molar-refractivity contribution in [3.63, 3.8) is 0 Å². The fourth-order valence-corrected chi connectivity index (χ4v) is 4.56. The number of hydrogen-bond acceptors (Lipinski definition) is 10. The van der Waals surface area contributed by atoms with E-state index in [9.17, 15) is 44.7 Å². The summed E-state index contributed by atoms with van der Waals surface area (Å²) >= 11 is 0. The highest BCUT2D eigenvalue weighted by Gasteiger charge is 2.55. The molecule has 1 aromatic heterocycles. The normalized spacial score (nSPS) is 33.3. The molecule has 0 unspecified atom stereocenters. The van der Waals surface area contributed by atoms with Gasteiger partial charge in [0.05, 0.1) is 18.6 Å². The first-order valence-electron chi connectivity index (χ1n) is 10.9. The fraction of sp³-hybridized carbons (Fsp3) is 0.700. The number of nitrogens with two attached hydrogens (primary N) is 1. The van der Waals surface area contributed by atoms with Crippen molar-refractivity contribution in [3.05, 3.63) is 32.6 Å². The van der Waals surface area contributed by atoms with Crippen molar-refractivity contribution < 1.29 is 39.9 Å². The van der Waals surface area contributed by atoms with Gasteiger partial charge in [-0.3, -0.25) is 19.1 Å². The minimum absolute atomic E-state index is 0.0436. The Balaban J connectivity index is 2.00. The van der Waals surface area contributed by atoms with E-state index in [0.29, 0.717) is 19.3 Å². The van der Waals surface area contributed by atoms with E-state index in [4.69, 9.17) is 10.5 Å². The number of aliphatic carboxylic acids is 1.